The molecule has 0 aliphatic carbocycles. The number of aryl methyl sites for hydroxylation is 1. The Labute approximate surface area is 80.2 Å². The minimum absolute atomic E-state index is 0.164. The molecule has 0 fully saturated rings. The summed E-state index contributed by atoms with van der Waals surface area (Å²) in [4.78, 5) is 13.6. The number of nitrogens with one attached hydrogen (secondary N) is 1. The van der Waals surface area contributed by atoms with Crippen LogP contribution in [0.15, 0.2) is 29.1 Å². The lowest BCUT2D eigenvalue weighted by atomic mass is 10.1. The van der Waals surface area contributed by atoms with Crippen molar-refractivity contribution >= 4 is 22.4 Å². The van der Waals surface area contributed by atoms with Crippen LogP contribution < -0.4 is 5.56 Å². The topological polar surface area (TPSA) is 32.9 Å². The van der Waals surface area contributed by atoms with Crippen molar-refractivity contribution in [2.75, 3.05) is 0 Å². The average molecular weight is 194 g/mol. The Balaban J connectivity index is 2.94. The van der Waals surface area contributed by atoms with Gasteiger partial charge in [-0.2, -0.15) is 0 Å². The molecule has 2 nitrogen and oxygen atoms in total. The highest BCUT2D eigenvalue weighted by Crippen LogP contribution is 2.19. The molecule has 0 radical (unpaired) electrons. The monoisotopic (exact) mass is 193 g/mol. The maximum absolute atomic E-state index is 11.1. The molecule has 1 N–H and O–H groups in total. The van der Waals surface area contributed by atoms with Gasteiger partial charge in [0.05, 0.1) is 0 Å². The molecule has 0 atom stereocenters. The summed E-state index contributed by atoms with van der Waals surface area (Å²) >= 11 is 5.86. The molecule has 0 aliphatic rings. The van der Waals surface area contributed by atoms with Crippen LogP contribution in [0.3, 0.4) is 0 Å². The summed E-state index contributed by atoms with van der Waals surface area (Å²) in [7, 11) is 0. The Morgan fingerprint density at radius 2 is 2.08 bits per heavy atom. The molecule has 1 aromatic heterocycles. The van der Waals surface area contributed by atoms with Crippen LogP contribution in [0.5, 0.6) is 0 Å². The first-order chi connectivity index (χ1) is 6.16. The number of aromatic nitrogens is 1. The van der Waals surface area contributed by atoms with Gasteiger partial charge in [-0.15, -0.1) is 0 Å². The first kappa shape index (κ1) is 8.32. The molecule has 1 aromatic carbocycles. The number of pyridine rings is 1. The first-order valence-corrected chi connectivity index (χ1v) is 4.34. The number of benzene rings is 1. The van der Waals surface area contributed by atoms with E-state index in [1.807, 2.05) is 25.1 Å². The third kappa shape index (κ3) is 1.45. The van der Waals surface area contributed by atoms with Crippen LogP contribution in [0, 0.1) is 6.92 Å². The van der Waals surface area contributed by atoms with Crippen LogP contribution in [0.25, 0.3) is 10.8 Å². The minimum Gasteiger partial charge on any atom is -0.312 e. The highest BCUT2D eigenvalue weighted by atomic mass is 35.5. The van der Waals surface area contributed by atoms with Crippen molar-refractivity contribution in [1.29, 1.82) is 0 Å². The summed E-state index contributed by atoms with van der Waals surface area (Å²) in [5.74, 6) is 0. The number of aromatic amines is 1. The van der Waals surface area contributed by atoms with Crippen molar-refractivity contribution in [2.24, 2.45) is 0 Å². The molecule has 2 aromatic rings. The van der Waals surface area contributed by atoms with Crippen molar-refractivity contribution < 1.29 is 0 Å². The SMILES string of the molecule is Cc1ccc2c(Cl)[nH]c(=O)cc2c1. The van der Waals surface area contributed by atoms with Crippen LogP contribution in [-0.2, 0) is 0 Å². The lowest BCUT2D eigenvalue weighted by Gasteiger charge is -2.00. The van der Waals surface area contributed by atoms with E-state index in [0.717, 1.165) is 16.3 Å². The smallest absolute Gasteiger partial charge is 0.249 e. The molecule has 0 aliphatic heterocycles. The van der Waals surface area contributed by atoms with Gasteiger partial charge in [-0.1, -0.05) is 35.4 Å². The molecule has 0 bridgehead atoms. The summed E-state index contributed by atoms with van der Waals surface area (Å²) < 4.78 is 0. The fourth-order valence-corrected chi connectivity index (χ4v) is 1.62. The Kier molecular flexibility index (Phi) is 1.85. The zero-order valence-electron chi connectivity index (χ0n) is 7.10. The van der Waals surface area contributed by atoms with Gasteiger partial charge in [-0.3, -0.25) is 4.79 Å². The highest BCUT2D eigenvalue weighted by molar-refractivity contribution is 6.34. The number of halogens is 1. The molecule has 0 saturated carbocycles. The zero-order chi connectivity index (χ0) is 9.42. The number of fused-ring (bicyclic) bond motifs is 1. The van der Waals surface area contributed by atoms with E-state index in [2.05, 4.69) is 4.98 Å². The largest absolute Gasteiger partial charge is 0.312 e. The van der Waals surface area contributed by atoms with E-state index in [-0.39, 0.29) is 5.56 Å². The van der Waals surface area contributed by atoms with Crippen LogP contribution in [0.4, 0.5) is 0 Å². The van der Waals surface area contributed by atoms with Crippen LogP contribution >= 0.6 is 11.6 Å². The number of rotatable bonds is 0. The maximum atomic E-state index is 11.1. The lowest BCUT2D eigenvalue weighted by molar-refractivity contribution is 1.26. The molecular weight excluding hydrogens is 186 g/mol. The van der Waals surface area contributed by atoms with Gasteiger partial charge < -0.3 is 4.98 Å². The predicted molar refractivity (Wildman–Crippen MR) is 54.3 cm³/mol. The molecule has 0 spiro atoms. The van der Waals surface area contributed by atoms with E-state index in [1.165, 1.54) is 0 Å². The first-order valence-electron chi connectivity index (χ1n) is 3.96. The fraction of sp³-hybridized carbons (Fsp3) is 0.100. The highest BCUT2D eigenvalue weighted by Gasteiger charge is 1.99. The predicted octanol–water partition coefficient (Wildman–Crippen LogP) is 2.49. The van der Waals surface area contributed by atoms with Gasteiger partial charge in [0.15, 0.2) is 0 Å². The van der Waals surface area contributed by atoms with Gasteiger partial charge >= 0.3 is 0 Å². The Morgan fingerprint density at radius 3 is 2.85 bits per heavy atom. The van der Waals surface area contributed by atoms with Crippen molar-refractivity contribution in [2.45, 2.75) is 6.92 Å². The lowest BCUT2D eigenvalue weighted by Crippen LogP contribution is -2.03. The van der Waals surface area contributed by atoms with Crippen molar-refractivity contribution in [3.05, 3.63) is 45.3 Å². The van der Waals surface area contributed by atoms with E-state index >= 15 is 0 Å². The number of H-pyrrole nitrogens is 1. The van der Waals surface area contributed by atoms with Crippen molar-refractivity contribution in [1.82, 2.24) is 4.98 Å². The Hall–Kier alpha value is -1.28. The molecule has 0 saturated heterocycles. The van der Waals surface area contributed by atoms with E-state index < -0.39 is 0 Å². The van der Waals surface area contributed by atoms with E-state index in [9.17, 15) is 4.79 Å². The quantitative estimate of drug-likeness (QED) is 0.641. The summed E-state index contributed by atoms with van der Waals surface area (Å²) in [6, 6.07) is 7.36. The van der Waals surface area contributed by atoms with Crippen LogP contribution in [-0.4, -0.2) is 4.98 Å². The average Bonchev–Trinajstić information content (AvgIpc) is 2.02. The maximum Gasteiger partial charge on any atom is 0.249 e. The number of hydrogen-bond acceptors (Lipinski definition) is 1. The summed E-state index contributed by atoms with van der Waals surface area (Å²) in [5.41, 5.74) is 0.956. The van der Waals surface area contributed by atoms with E-state index in [0.29, 0.717) is 5.15 Å². The second-order valence-corrected chi connectivity index (χ2v) is 3.42. The van der Waals surface area contributed by atoms with Gasteiger partial charge in [0.25, 0.3) is 0 Å². The van der Waals surface area contributed by atoms with E-state index in [1.54, 1.807) is 6.07 Å². The summed E-state index contributed by atoms with van der Waals surface area (Å²) in [6.07, 6.45) is 0. The molecule has 0 unspecified atom stereocenters. The van der Waals surface area contributed by atoms with Crippen LogP contribution in [0.2, 0.25) is 5.15 Å². The van der Waals surface area contributed by atoms with Gasteiger partial charge in [-0.25, -0.2) is 0 Å². The van der Waals surface area contributed by atoms with Gasteiger partial charge in [-0.05, 0) is 12.3 Å². The van der Waals surface area contributed by atoms with Crippen molar-refractivity contribution in [3.63, 3.8) is 0 Å². The van der Waals surface area contributed by atoms with Gasteiger partial charge in [0.2, 0.25) is 5.56 Å². The van der Waals surface area contributed by atoms with Crippen LogP contribution in [0.1, 0.15) is 5.56 Å². The van der Waals surface area contributed by atoms with E-state index in [4.69, 9.17) is 11.6 Å². The third-order valence-electron chi connectivity index (χ3n) is 1.96. The molecule has 2 rings (SSSR count). The second-order valence-electron chi connectivity index (χ2n) is 3.04. The number of hydrogen-bond donors (Lipinski definition) is 1. The fourth-order valence-electron chi connectivity index (χ4n) is 1.35. The molecule has 3 heteroatoms. The zero-order valence-corrected chi connectivity index (χ0v) is 7.85. The van der Waals surface area contributed by atoms with Gasteiger partial charge in [0, 0.05) is 11.5 Å². The summed E-state index contributed by atoms with van der Waals surface area (Å²) in [5, 5.41) is 2.17. The molecule has 1 heterocycles. The molecule has 13 heavy (non-hydrogen) atoms. The molecular formula is C10H8ClNO. The minimum atomic E-state index is -0.164. The summed E-state index contributed by atoms with van der Waals surface area (Å²) in [6.45, 7) is 1.98. The molecule has 66 valence electrons. The second kappa shape index (κ2) is 2.89. The standard InChI is InChI=1S/C10H8ClNO/c1-6-2-3-8-7(4-6)5-9(13)12-10(8)11/h2-5H,1H3,(H,12,13). The Bertz CT molecular complexity index is 516. The molecule has 0 amide bonds. The Morgan fingerprint density at radius 1 is 1.31 bits per heavy atom. The van der Waals surface area contributed by atoms with Gasteiger partial charge in [0.1, 0.15) is 5.15 Å². The third-order valence-corrected chi connectivity index (χ3v) is 2.26. The van der Waals surface area contributed by atoms with Crippen molar-refractivity contribution in [3.8, 4) is 0 Å². The normalized spacial score (nSPS) is 10.6.